The number of fused-ring (bicyclic) bond motifs is 1. The fourth-order valence-corrected chi connectivity index (χ4v) is 3.88. The highest BCUT2D eigenvalue weighted by atomic mass is 15.3. The minimum absolute atomic E-state index is 0.990. The number of anilines is 1. The Labute approximate surface area is 153 Å². The first-order valence-corrected chi connectivity index (χ1v) is 9.29. The van der Waals surface area contributed by atoms with Gasteiger partial charge in [-0.1, -0.05) is 72.8 Å². The summed E-state index contributed by atoms with van der Waals surface area (Å²) in [6, 6.07) is 25.5. The Morgan fingerprint density at radius 3 is 2.35 bits per heavy atom. The van der Waals surface area contributed by atoms with E-state index in [0.29, 0.717) is 0 Å². The van der Waals surface area contributed by atoms with Crippen LogP contribution in [0.1, 0.15) is 12.8 Å². The number of benzene rings is 3. The number of aromatic nitrogens is 2. The maximum Gasteiger partial charge on any atom is 0.203 e. The third kappa shape index (κ3) is 2.57. The molecule has 0 saturated carbocycles. The minimum Gasteiger partial charge on any atom is -0.342 e. The lowest BCUT2D eigenvalue weighted by atomic mass is 9.99. The standard InChI is InChI=1S/C23H21N3/c1-2-10-18(11-3-1)21-22(25-23(24-21)26-15-6-7-16-26)20-14-8-12-17-9-4-5-13-19(17)20/h1-5,8-14H,6-7,15-16H2,(H,24,25). The van der Waals surface area contributed by atoms with Crippen LogP contribution in [0.25, 0.3) is 33.3 Å². The number of nitrogens with one attached hydrogen (secondary N) is 1. The van der Waals surface area contributed by atoms with Crippen molar-refractivity contribution in [3.8, 4) is 22.5 Å². The van der Waals surface area contributed by atoms with Crippen molar-refractivity contribution in [1.29, 1.82) is 0 Å². The zero-order valence-corrected chi connectivity index (χ0v) is 14.7. The van der Waals surface area contributed by atoms with E-state index in [0.717, 1.165) is 36.0 Å². The number of aromatic amines is 1. The van der Waals surface area contributed by atoms with Crippen molar-refractivity contribution >= 4 is 16.7 Å². The predicted molar refractivity (Wildman–Crippen MR) is 108 cm³/mol. The average molecular weight is 339 g/mol. The van der Waals surface area contributed by atoms with Crippen LogP contribution in [0.15, 0.2) is 72.8 Å². The summed E-state index contributed by atoms with van der Waals surface area (Å²) in [4.78, 5) is 11.0. The van der Waals surface area contributed by atoms with Crippen LogP contribution in [0.4, 0.5) is 5.95 Å². The highest BCUT2D eigenvalue weighted by Gasteiger charge is 2.21. The summed E-state index contributed by atoms with van der Waals surface area (Å²) in [5.41, 5.74) is 4.50. The number of hydrogen-bond acceptors (Lipinski definition) is 2. The van der Waals surface area contributed by atoms with Crippen LogP contribution >= 0.6 is 0 Å². The summed E-state index contributed by atoms with van der Waals surface area (Å²) in [6.07, 6.45) is 2.48. The molecule has 0 unspecified atom stereocenters. The lowest BCUT2D eigenvalue weighted by Gasteiger charge is -2.12. The largest absolute Gasteiger partial charge is 0.342 e. The van der Waals surface area contributed by atoms with Crippen LogP contribution in [-0.4, -0.2) is 23.1 Å². The Hall–Kier alpha value is -3.07. The number of imidazole rings is 1. The molecule has 1 aliphatic rings. The van der Waals surface area contributed by atoms with Gasteiger partial charge in [-0.15, -0.1) is 0 Å². The van der Waals surface area contributed by atoms with Gasteiger partial charge in [-0.2, -0.15) is 0 Å². The van der Waals surface area contributed by atoms with E-state index >= 15 is 0 Å². The second kappa shape index (κ2) is 6.34. The predicted octanol–water partition coefficient (Wildman–Crippen LogP) is 5.50. The molecule has 1 fully saturated rings. The van der Waals surface area contributed by atoms with Gasteiger partial charge in [0.2, 0.25) is 5.95 Å². The Balaban J connectivity index is 1.74. The zero-order valence-electron chi connectivity index (χ0n) is 14.7. The van der Waals surface area contributed by atoms with Gasteiger partial charge in [0.25, 0.3) is 0 Å². The highest BCUT2D eigenvalue weighted by Crippen LogP contribution is 2.36. The SMILES string of the molecule is c1ccc(-c2nc(N3CCCC3)[nH]c2-c2cccc3ccccc23)cc1. The normalized spacial score (nSPS) is 14.2. The number of rotatable bonds is 3. The van der Waals surface area contributed by atoms with E-state index in [9.17, 15) is 0 Å². The molecule has 0 amide bonds. The van der Waals surface area contributed by atoms with Gasteiger partial charge in [0.15, 0.2) is 0 Å². The second-order valence-corrected chi connectivity index (χ2v) is 6.87. The van der Waals surface area contributed by atoms with Gasteiger partial charge in [0, 0.05) is 24.2 Å². The molecular formula is C23H21N3. The fraction of sp³-hybridized carbons (Fsp3) is 0.174. The van der Waals surface area contributed by atoms with Crippen molar-refractivity contribution in [2.75, 3.05) is 18.0 Å². The quantitative estimate of drug-likeness (QED) is 0.535. The van der Waals surface area contributed by atoms with Crippen molar-refractivity contribution in [2.24, 2.45) is 0 Å². The third-order valence-corrected chi connectivity index (χ3v) is 5.20. The fourth-order valence-electron chi connectivity index (χ4n) is 3.88. The van der Waals surface area contributed by atoms with Crippen LogP contribution in [0.3, 0.4) is 0 Å². The molecule has 5 rings (SSSR count). The van der Waals surface area contributed by atoms with Gasteiger partial charge in [0.1, 0.15) is 0 Å². The van der Waals surface area contributed by atoms with E-state index in [1.54, 1.807) is 0 Å². The molecule has 1 saturated heterocycles. The summed E-state index contributed by atoms with van der Waals surface area (Å²) in [6.45, 7) is 2.16. The molecule has 3 nitrogen and oxygen atoms in total. The third-order valence-electron chi connectivity index (χ3n) is 5.20. The van der Waals surface area contributed by atoms with E-state index < -0.39 is 0 Å². The molecule has 1 N–H and O–H groups in total. The van der Waals surface area contributed by atoms with Crippen molar-refractivity contribution in [3.05, 3.63) is 72.8 Å². The number of hydrogen-bond donors (Lipinski definition) is 1. The molecule has 128 valence electrons. The lowest BCUT2D eigenvalue weighted by molar-refractivity contribution is 0.919. The molecule has 4 aromatic rings. The first-order valence-electron chi connectivity index (χ1n) is 9.29. The van der Waals surface area contributed by atoms with Crippen LogP contribution in [0.5, 0.6) is 0 Å². The molecule has 0 aliphatic carbocycles. The molecule has 0 radical (unpaired) electrons. The summed E-state index contributed by atoms with van der Waals surface area (Å²) in [7, 11) is 0. The van der Waals surface area contributed by atoms with Crippen LogP contribution in [0.2, 0.25) is 0 Å². The minimum atomic E-state index is 0.990. The molecular weight excluding hydrogens is 318 g/mol. The van der Waals surface area contributed by atoms with Gasteiger partial charge in [-0.25, -0.2) is 4.98 Å². The first kappa shape index (κ1) is 15.2. The molecule has 3 heteroatoms. The Morgan fingerprint density at radius 1 is 0.769 bits per heavy atom. The van der Waals surface area contributed by atoms with E-state index in [1.807, 2.05) is 0 Å². The molecule has 0 spiro atoms. The highest BCUT2D eigenvalue weighted by molar-refractivity contribution is 5.99. The van der Waals surface area contributed by atoms with Gasteiger partial charge < -0.3 is 9.88 Å². The average Bonchev–Trinajstić information content (AvgIpc) is 3.38. The van der Waals surface area contributed by atoms with Gasteiger partial charge >= 0.3 is 0 Å². The molecule has 2 heterocycles. The summed E-state index contributed by atoms with van der Waals surface area (Å²) in [5.74, 6) is 0.990. The van der Waals surface area contributed by atoms with E-state index in [2.05, 4.69) is 82.7 Å². The number of nitrogens with zero attached hydrogens (tertiary/aromatic N) is 2. The van der Waals surface area contributed by atoms with Gasteiger partial charge in [-0.3, -0.25) is 0 Å². The van der Waals surface area contributed by atoms with Crippen LogP contribution in [0, 0.1) is 0 Å². The molecule has 26 heavy (non-hydrogen) atoms. The second-order valence-electron chi connectivity index (χ2n) is 6.87. The maximum absolute atomic E-state index is 5.02. The van der Waals surface area contributed by atoms with E-state index in [-0.39, 0.29) is 0 Å². The smallest absolute Gasteiger partial charge is 0.203 e. The molecule has 0 bridgehead atoms. The molecule has 1 aliphatic heterocycles. The van der Waals surface area contributed by atoms with Crippen molar-refractivity contribution < 1.29 is 0 Å². The van der Waals surface area contributed by atoms with E-state index in [1.165, 1.54) is 29.2 Å². The number of H-pyrrole nitrogens is 1. The van der Waals surface area contributed by atoms with Crippen LogP contribution in [-0.2, 0) is 0 Å². The van der Waals surface area contributed by atoms with Crippen LogP contribution < -0.4 is 4.90 Å². The van der Waals surface area contributed by atoms with Crippen molar-refractivity contribution in [3.63, 3.8) is 0 Å². The molecule has 0 atom stereocenters. The Bertz CT molecular complexity index is 1040. The summed E-state index contributed by atoms with van der Waals surface area (Å²) >= 11 is 0. The maximum atomic E-state index is 5.02. The lowest BCUT2D eigenvalue weighted by Crippen LogP contribution is -2.18. The molecule has 1 aromatic heterocycles. The Morgan fingerprint density at radius 2 is 1.50 bits per heavy atom. The van der Waals surface area contributed by atoms with E-state index in [4.69, 9.17) is 4.98 Å². The van der Waals surface area contributed by atoms with Crippen molar-refractivity contribution in [2.45, 2.75) is 12.8 Å². The van der Waals surface area contributed by atoms with Gasteiger partial charge in [0.05, 0.1) is 11.4 Å². The summed E-state index contributed by atoms with van der Waals surface area (Å²) in [5, 5.41) is 2.50. The van der Waals surface area contributed by atoms with Crippen molar-refractivity contribution in [1.82, 2.24) is 9.97 Å². The zero-order chi connectivity index (χ0) is 17.3. The monoisotopic (exact) mass is 339 g/mol. The van der Waals surface area contributed by atoms with Gasteiger partial charge in [-0.05, 0) is 23.6 Å². The molecule has 3 aromatic carbocycles. The first-order chi connectivity index (χ1) is 12.9. The summed E-state index contributed by atoms with van der Waals surface area (Å²) < 4.78 is 0. The Kier molecular flexibility index (Phi) is 3.71. The topological polar surface area (TPSA) is 31.9 Å².